The van der Waals surface area contributed by atoms with Crippen LogP contribution in [-0.2, 0) is 6.54 Å². The standard InChI is InChI=1S/C17H17Cl2NO/c1-11-8-13(18)3-7-16(11)21-17-6-2-12(9-15(17)19)10-20-14-4-5-14/h2-3,6-9,14,20H,4-5,10H2,1H3. The summed E-state index contributed by atoms with van der Waals surface area (Å²) in [6.45, 7) is 2.81. The summed E-state index contributed by atoms with van der Waals surface area (Å²) in [4.78, 5) is 0. The topological polar surface area (TPSA) is 21.3 Å². The average molecular weight is 322 g/mol. The summed E-state index contributed by atoms with van der Waals surface area (Å²) in [6.07, 6.45) is 2.57. The lowest BCUT2D eigenvalue weighted by Gasteiger charge is -2.12. The summed E-state index contributed by atoms with van der Waals surface area (Å²) >= 11 is 12.3. The summed E-state index contributed by atoms with van der Waals surface area (Å²) in [5.41, 5.74) is 2.16. The molecular formula is C17H17Cl2NO. The molecule has 1 saturated carbocycles. The van der Waals surface area contributed by atoms with Gasteiger partial charge in [0.1, 0.15) is 11.5 Å². The zero-order valence-corrected chi connectivity index (χ0v) is 13.3. The van der Waals surface area contributed by atoms with Crippen LogP contribution in [0.4, 0.5) is 0 Å². The average Bonchev–Trinajstić information content (AvgIpc) is 3.26. The van der Waals surface area contributed by atoms with Gasteiger partial charge in [-0.15, -0.1) is 0 Å². The highest BCUT2D eigenvalue weighted by Gasteiger charge is 2.20. The molecule has 3 rings (SSSR count). The maximum atomic E-state index is 6.32. The molecule has 110 valence electrons. The highest BCUT2D eigenvalue weighted by atomic mass is 35.5. The fourth-order valence-corrected chi connectivity index (χ4v) is 2.60. The van der Waals surface area contributed by atoms with E-state index >= 15 is 0 Å². The SMILES string of the molecule is Cc1cc(Cl)ccc1Oc1ccc(CNC2CC2)cc1Cl. The molecule has 0 unspecified atom stereocenters. The second-order valence-electron chi connectivity index (χ2n) is 5.43. The van der Waals surface area contributed by atoms with E-state index in [1.807, 2.05) is 43.3 Å². The van der Waals surface area contributed by atoms with Gasteiger partial charge < -0.3 is 10.1 Å². The van der Waals surface area contributed by atoms with Crippen molar-refractivity contribution >= 4 is 23.2 Å². The van der Waals surface area contributed by atoms with E-state index in [-0.39, 0.29) is 0 Å². The molecule has 1 fully saturated rings. The molecule has 2 aromatic rings. The van der Waals surface area contributed by atoms with Crippen LogP contribution in [0.25, 0.3) is 0 Å². The minimum atomic E-state index is 0.624. The Balaban J connectivity index is 1.72. The second kappa shape index (κ2) is 6.27. The molecule has 0 saturated heterocycles. The van der Waals surface area contributed by atoms with Crippen molar-refractivity contribution < 1.29 is 4.74 Å². The molecule has 0 atom stereocenters. The lowest BCUT2D eigenvalue weighted by molar-refractivity contribution is 0.479. The van der Waals surface area contributed by atoms with Crippen LogP contribution in [0.1, 0.15) is 24.0 Å². The molecule has 0 radical (unpaired) electrons. The van der Waals surface area contributed by atoms with Crippen LogP contribution in [0.15, 0.2) is 36.4 Å². The van der Waals surface area contributed by atoms with Gasteiger partial charge in [0.25, 0.3) is 0 Å². The monoisotopic (exact) mass is 321 g/mol. The third-order valence-corrected chi connectivity index (χ3v) is 4.06. The quantitative estimate of drug-likeness (QED) is 0.801. The van der Waals surface area contributed by atoms with Gasteiger partial charge in [-0.05, 0) is 61.2 Å². The normalized spacial score (nSPS) is 14.2. The third-order valence-electron chi connectivity index (χ3n) is 3.53. The molecule has 1 N–H and O–H groups in total. The predicted molar refractivity (Wildman–Crippen MR) is 87.6 cm³/mol. The molecule has 0 aromatic heterocycles. The lowest BCUT2D eigenvalue weighted by atomic mass is 10.2. The zero-order chi connectivity index (χ0) is 14.8. The van der Waals surface area contributed by atoms with Crippen LogP contribution < -0.4 is 10.1 Å². The lowest BCUT2D eigenvalue weighted by Crippen LogP contribution is -2.15. The van der Waals surface area contributed by atoms with Crippen LogP contribution in [0.2, 0.25) is 10.0 Å². The molecular weight excluding hydrogens is 305 g/mol. The van der Waals surface area contributed by atoms with Crippen molar-refractivity contribution in [3.05, 3.63) is 57.6 Å². The fourth-order valence-electron chi connectivity index (χ4n) is 2.13. The van der Waals surface area contributed by atoms with Crippen molar-refractivity contribution in [1.29, 1.82) is 0 Å². The van der Waals surface area contributed by atoms with E-state index in [2.05, 4.69) is 5.32 Å². The van der Waals surface area contributed by atoms with E-state index in [9.17, 15) is 0 Å². The maximum Gasteiger partial charge on any atom is 0.146 e. The van der Waals surface area contributed by atoms with Crippen molar-refractivity contribution in [2.45, 2.75) is 32.4 Å². The molecule has 1 aliphatic carbocycles. The number of benzene rings is 2. The van der Waals surface area contributed by atoms with E-state index in [4.69, 9.17) is 27.9 Å². The smallest absolute Gasteiger partial charge is 0.146 e. The Morgan fingerprint density at radius 2 is 1.86 bits per heavy atom. The van der Waals surface area contributed by atoms with Crippen molar-refractivity contribution in [2.75, 3.05) is 0 Å². The molecule has 2 aromatic carbocycles. The Morgan fingerprint density at radius 1 is 1.10 bits per heavy atom. The summed E-state index contributed by atoms with van der Waals surface area (Å²) in [5, 5.41) is 4.80. The molecule has 1 aliphatic rings. The van der Waals surface area contributed by atoms with E-state index in [0.29, 0.717) is 21.8 Å². The van der Waals surface area contributed by atoms with Gasteiger partial charge in [0, 0.05) is 17.6 Å². The molecule has 4 heteroatoms. The van der Waals surface area contributed by atoms with Gasteiger partial charge in [0.2, 0.25) is 0 Å². The van der Waals surface area contributed by atoms with Crippen LogP contribution in [0, 0.1) is 6.92 Å². The first-order valence-corrected chi connectivity index (χ1v) is 7.83. The van der Waals surface area contributed by atoms with Crippen LogP contribution >= 0.6 is 23.2 Å². The predicted octanol–water partition coefficient (Wildman–Crippen LogP) is 5.35. The number of rotatable bonds is 5. The number of hydrogen-bond donors (Lipinski definition) is 1. The first-order valence-electron chi connectivity index (χ1n) is 7.07. The molecule has 0 aliphatic heterocycles. The Bertz CT molecular complexity index is 653. The minimum absolute atomic E-state index is 0.624. The first-order chi connectivity index (χ1) is 10.1. The maximum absolute atomic E-state index is 6.32. The van der Waals surface area contributed by atoms with Crippen molar-refractivity contribution in [1.82, 2.24) is 5.32 Å². The molecule has 2 nitrogen and oxygen atoms in total. The number of halogens is 2. The van der Waals surface area contributed by atoms with E-state index in [0.717, 1.165) is 17.9 Å². The summed E-state index contributed by atoms with van der Waals surface area (Å²) < 4.78 is 5.88. The van der Waals surface area contributed by atoms with Gasteiger partial charge in [0.05, 0.1) is 5.02 Å². The largest absolute Gasteiger partial charge is 0.456 e. The Kier molecular flexibility index (Phi) is 4.39. The molecule has 0 bridgehead atoms. The van der Waals surface area contributed by atoms with Crippen molar-refractivity contribution in [3.8, 4) is 11.5 Å². The number of aryl methyl sites for hydroxylation is 1. The minimum Gasteiger partial charge on any atom is -0.456 e. The molecule has 0 amide bonds. The number of nitrogens with one attached hydrogen (secondary N) is 1. The number of hydrogen-bond acceptors (Lipinski definition) is 2. The Labute approximate surface area is 135 Å². The van der Waals surface area contributed by atoms with Crippen LogP contribution in [0.3, 0.4) is 0 Å². The van der Waals surface area contributed by atoms with E-state index < -0.39 is 0 Å². The second-order valence-corrected chi connectivity index (χ2v) is 6.28. The van der Waals surface area contributed by atoms with E-state index in [1.165, 1.54) is 18.4 Å². The van der Waals surface area contributed by atoms with Gasteiger partial charge in [-0.1, -0.05) is 29.3 Å². The van der Waals surface area contributed by atoms with Gasteiger partial charge in [-0.25, -0.2) is 0 Å². The van der Waals surface area contributed by atoms with Crippen LogP contribution in [0.5, 0.6) is 11.5 Å². The van der Waals surface area contributed by atoms with Gasteiger partial charge in [-0.3, -0.25) is 0 Å². The molecule has 0 heterocycles. The Morgan fingerprint density at radius 3 is 2.52 bits per heavy atom. The number of ether oxygens (including phenoxy) is 1. The van der Waals surface area contributed by atoms with Gasteiger partial charge >= 0.3 is 0 Å². The van der Waals surface area contributed by atoms with Crippen LogP contribution in [-0.4, -0.2) is 6.04 Å². The highest BCUT2D eigenvalue weighted by molar-refractivity contribution is 6.32. The first kappa shape index (κ1) is 14.7. The zero-order valence-electron chi connectivity index (χ0n) is 11.8. The van der Waals surface area contributed by atoms with Crippen molar-refractivity contribution in [2.24, 2.45) is 0 Å². The van der Waals surface area contributed by atoms with Gasteiger partial charge in [0.15, 0.2) is 0 Å². The highest BCUT2D eigenvalue weighted by Crippen LogP contribution is 2.33. The van der Waals surface area contributed by atoms with Gasteiger partial charge in [-0.2, -0.15) is 0 Å². The summed E-state index contributed by atoms with van der Waals surface area (Å²) in [7, 11) is 0. The van der Waals surface area contributed by atoms with Crippen molar-refractivity contribution in [3.63, 3.8) is 0 Å². The Hall–Kier alpha value is -1.22. The molecule has 21 heavy (non-hydrogen) atoms. The summed E-state index contributed by atoms with van der Waals surface area (Å²) in [6, 6.07) is 12.2. The third kappa shape index (κ3) is 3.91. The molecule has 0 spiro atoms. The van der Waals surface area contributed by atoms with E-state index in [1.54, 1.807) is 0 Å². The summed E-state index contributed by atoms with van der Waals surface area (Å²) in [5.74, 6) is 1.43. The fraction of sp³-hybridized carbons (Fsp3) is 0.294.